The molecule has 0 aliphatic heterocycles. The first-order chi connectivity index (χ1) is 46.2. The Morgan fingerprint density at radius 2 is 0.558 bits per heavy atom. The van der Waals surface area contributed by atoms with Crippen LogP contribution < -0.4 is 0 Å². The molecule has 0 aromatic rings. The lowest BCUT2D eigenvalue weighted by atomic mass is 10.1. The molecule has 0 saturated heterocycles. The second-order valence-corrected chi connectivity index (χ2v) is 26.9. The van der Waals surface area contributed by atoms with E-state index in [9.17, 15) is 43.5 Å². The van der Waals surface area contributed by atoms with Crippen LogP contribution in [0.4, 0.5) is 0 Å². The topological polar surface area (TPSA) is 231 Å². The molecular formula is C77H130O16P2. The molecule has 0 bridgehead atoms. The number of phosphoric acid groups is 2. The highest BCUT2D eigenvalue weighted by molar-refractivity contribution is 7.47. The van der Waals surface area contributed by atoms with Crippen LogP contribution in [-0.4, -0.2) is 95.9 Å². The predicted molar refractivity (Wildman–Crippen MR) is 390 cm³/mol. The molecule has 5 unspecified atom stereocenters. The largest absolute Gasteiger partial charge is 0.472 e. The maximum Gasteiger partial charge on any atom is 0.472 e. The quantitative estimate of drug-likeness (QED) is 0.0146. The van der Waals surface area contributed by atoms with Gasteiger partial charge in [-0.05, 0) is 135 Å². The fourth-order valence-corrected chi connectivity index (χ4v) is 10.9. The third-order valence-corrected chi connectivity index (χ3v) is 16.7. The molecule has 0 aliphatic rings. The smallest absolute Gasteiger partial charge is 0.463 e. The number of aliphatic hydroxyl groups excluding tert-OH is 2. The number of allylic oxidation sites excluding steroid dienone is 22. The van der Waals surface area contributed by atoms with Crippen molar-refractivity contribution >= 4 is 33.6 Å². The second-order valence-electron chi connectivity index (χ2n) is 24.0. The van der Waals surface area contributed by atoms with E-state index in [0.29, 0.717) is 19.3 Å². The van der Waals surface area contributed by atoms with Crippen molar-refractivity contribution in [3.8, 4) is 0 Å². The fraction of sp³-hybridized carbons (Fsp3) is 0.675. The van der Waals surface area contributed by atoms with Gasteiger partial charge in [-0.1, -0.05) is 257 Å². The zero-order chi connectivity index (χ0) is 69.5. The van der Waals surface area contributed by atoms with E-state index in [0.717, 1.165) is 173 Å². The van der Waals surface area contributed by atoms with Gasteiger partial charge in [-0.2, -0.15) is 0 Å². The number of carbonyl (C=O) groups excluding carboxylic acids is 3. The Morgan fingerprint density at radius 3 is 0.884 bits per heavy atom. The summed E-state index contributed by atoms with van der Waals surface area (Å²) < 4.78 is 61.0. The molecule has 0 spiro atoms. The van der Waals surface area contributed by atoms with Crippen molar-refractivity contribution in [3.05, 3.63) is 134 Å². The summed E-state index contributed by atoms with van der Waals surface area (Å²) in [6.07, 6.45) is 82.1. The first-order valence-electron chi connectivity index (χ1n) is 36.5. The summed E-state index contributed by atoms with van der Waals surface area (Å²) in [6, 6.07) is 0. The number of hydrogen-bond acceptors (Lipinski definition) is 14. The van der Waals surface area contributed by atoms with Crippen LogP contribution in [0.2, 0.25) is 0 Å². The summed E-state index contributed by atoms with van der Waals surface area (Å²) in [5.74, 6) is -1.62. The lowest BCUT2D eigenvalue weighted by Gasteiger charge is -2.21. The Kier molecular flexibility index (Phi) is 66.4. The number of aliphatic hydroxyl groups is 2. The Labute approximate surface area is 575 Å². The zero-order valence-corrected chi connectivity index (χ0v) is 60.8. The van der Waals surface area contributed by atoms with Crippen LogP contribution in [-0.2, 0) is 55.8 Å². The molecule has 0 aromatic carbocycles. The van der Waals surface area contributed by atoms with Crippen LogP contribution in [0.5, 0.6) is 0 Å². The lowest BCUT2D eigenvalue weighted by molar-refractivity contribution is -0.161. The summed E-state index contributed by atoms with van der Waals surface area (Å²) in [4.78, 5) is 58.5. The van der Waals surface area contributed by atoms with E-state index in [2.05, 4.69) is 154 Å². The third kappa shape index (κ3) is 70.8. The molecule has 5 atom stereocenters. The minimum absolute atomic E-state index is 0.0821. The second kappa shape index (κ2) is 69.6. The molecule has 0 aliphatic carbocycles. The molecular weight excluding hydrogens is 1240 g/mol. The highest BCUT2D eigenvalue weighted by Crippen LogP contribution is 2.45. The molecule has 0 aromatic heterocycles. The van der Waals surface area contributed by atoms with Crippen molar-refractivity contribution in [1.82, 2.24) is 0 Å². The molecule has 0 fully saturated rings. The van der Waals surface area contributed by atoms with Crippen molar-refractivity contribution in [2.45, 2.75) is 296 Å². The average Bonchev–Trinajstić information content (AvgIpc) is 2.24. The van der Waals surface area contributed by atoms with Gasteiger partial charge in [-0.25, -0.2) is 9.13 Å². The van der Waals surface area contributed by atoms with E-state index in [-0.39, 0.29) is 19.3 Å². The highest BCUT2D eigenvalue weighted by atomic mass is 31.2. The van der Waals surface area contributed by atoms with Gasteiger partial charge in [0.05, 0.1) is 26.4 Å². The van der Waals surface area contributed by atoms with Crippen LogP contribution in [0.1, 0.15) is 278 Å². The number of unbranched alkanes of at least 4 members (excludes halogenated alkanes) is 23. The Hall–Kier alpha value is -4.31. The molecule has 0 amide bonds. The minimum atomic E-state index is -4.94. The molecule has 0 radical (unpaired) electrons. The summed E-state index contributed by atoms with van der Waals surface area (Å²) in [6.45, 7) is 2.38. The number of ether oxygens (including phenoxy) is 3. The van der Waals surface area contributed by atoms with E-state index >= 15 is 0 Å². The Bertz CT molecular complexity index is 2260. The number of esters is 3. The highest BCUT2D eigenvalue weighted by Gasteiger charge is 2.29. The number of rotatable bonds is 68. The monoisotopic (exact) mass is 1370 g/mol. The van der Waals surface area contributed by atoms with Crippen molar-refractivity contribution in [2.75, 3.05) is 39.6 Å². The molecule has 18 heteroatoms. The van der Waals surface area contributed by atoms with Crippen LogP contribution in [0.25, 0.3) is 0 Å². The Morgan fingerprint density at radius 1 is 0.305 bits per heavy atom. The molecule has 95 heavy (non-hydrogen) atoms. The van der Waals surface area contributed by atoms with Gasteiger partial charge in [0, 0.05) is 19.3 Å². The summed E-state index contributed by atoms with van der Waals surface area (Å²) >= 11 is 0. The summed E-state index contributed by atoms with van der Waals surface area (Å²) in [7, 11) is -9.80. The third-order valence-electron chi connectivity index (χ3n) is 14.8. The maximum atomic E-state index is 12.9. The van der Waals surface area contributed by atoms with Crippen LogP contribution in [0, 0.1) is 0 Å². The average molecular weight is 1370 g/mol. The van der Waals surface area contributed by atoms with E-state index in [1.165, 1.54) is 44.9 Å². The van der Waals surface area contributed by atoms with Gasteiger partial charge in [0.1, 0.15) is 25.4 Å². The van der Waals surface area contributed by atoms with Crippen molar-refractivity contribution in [1.29, 1.82) is 0 Å². The minimum Gasteiger partial charge on any atom is -0.463 e. The van der Waals surface area contributed by atoms with Gasteiger partial charge in [0.15, 0.2) is 6.10 Å². The Balaban J connectivity index is 4.62. The van der Waals surface area contributed by atoms with E-state index in [4.69, 9.17) is 32.3 Å². The van der Waals surface area contributed by atoms with Gasteiger partial charge in [-0.3, -0.25) is 32.5 Å². The number of phosphoric ester groups is 2. The predicted octanol–water partition coefficient (Wildman–Crippen LogP) is 20.8. The fourth-order valence-electron chi connectivity index (χ4n) is 9.32. The molecule has 4 N–H and O–H groups in total. The zero-order valence-electron chi connectivity index (χ0n) is 59.0. The lowest BCUT2D eigenvalue weighted by Crippen LogP contribution is -2.30. The van der Waals surface area contributed by atoms with Gasteiger partial charge in [-0.15, -0.1) is 0 Å². The van der Waals surface area contributed by atoms with Gasteiger partial charge >= 0.3 is 33.6 Å². The maximum absolute atomic E-state index is 12.9. The van der Waals surface area contributed by atoms with Crippen molar-refractivity contribution < 1.29 is 75.8 Å². The first kappa shape index (κ1) is 90.7. The molecule has 16 nitrogen and oxygen atoms in total. The molecule has 544 valence electrons. The van der Waals surface area contributed by atoms with E-state index in [1.807, 2.05) is 0 Å². The standard InChI is InChI=1S/C77H130O16P2/c1-4-7-10-13-16-19-22-25-28-30-32-33-34-35-36-37-39-41-43-45-48-51-54-57-60-63-75(80)87-66-72(78)67-89-94(83,84)90-68-73(79)69-91-95(85,86)92-71-74(93-77(82)65-62-59-56-53-50-47-42-27-24-21-18-15-12-9-6-3)70-88-76(81)64-61-58-55-52-49-46-44-40-38-31-29-26-23-20-17-14-11-8-5-2/h7-8,10-11,16-21,25-29,32-33,35-36,38,40,42,72-74,78-79H,4-6,9,12-15,22-24,30-31,34,37,39,41,43-71H2,1-3H3,(H,83,84)(H,85,86)/b10-7-,11-8-,19-16-,20-17-,21-18-,28-25-,29-26-,33-32-,36-35-,40-38-,42-27-. The SMILES string of the molecule is CC/C=C\C/C=C\C/C=C\C/C=C\C/C=C\CCCCCCCCCCCC(=O)OCC(O)COP(=O)(O)OCC(O)COP(=O)(O)OCC(COC(=O)CCCCCCCC/C=C\C/C=C\C/C=C\C/C=C\CC)OC(=O)CCCCCCC/C=C\C/C=C\CCCCC. The number of hydrogen-bond donors (Lipinski definition) is 4. The summed E-state index contributed by atoms with van der Waals surface area (Å²) in [5.41, 5.74) is 0. The molecule has 0 rings (SSSR count). The first-order valence-corrected chi connectivity index (χ1v) is 39.5. The van der Waals surface area contributed by atoms with Crippen molar-refractivity contribution in [2.24, 2.45) is 0 Å². The molecule has 0 heterocycles. The normalized spacial score (nSPS) is 14.9. The molecule has 0 saturated carbocycles. The van der Waals surface area contributed by atoms with Crippen molar-refractivity contribution in [3.63, 3.8) is 0 Å². The summed E-state index contributed by atoms with van der Waals surface area (Å²) in [5, 5.41) is 20.6. The van der Waals surface area contributed by atoms with Gasteiger partial charge in [0.25, 0.3) is 0 Å². The van der Waals surface area contributed by atoms with Crippen LogP contribution in [0.15, 0.2) is 134 Å². The van der Waals surface area contributed by atoms with E-state index < -0.39 is 91.5 Å². The van der Waals surface area contributed by atoms with Gasteiger partial charge in [0.2, 0.25) is 0 Å². The van der Waals surface area contributed by atoms with Crippen LogP contribution in [0.3, 0.4) is 0 Å². The van der Waals surface area contributed by atoms with E-state index in [1.54, 1.807) is 0 Å². The number of carbonyl (C=O) groups is 3. The van der Waals surface area contributed by atoms with Gasteiger partial charge < -0.3 is 34.2 Å². The van der Waals surface area contributed by atoms with Crippen LogP contribution >= 0.6 is 15.6 Å².